The number of cyclic esters (lactones) is 1. The summed E-state index contributed by atoms with van der Waals surface area (Å²) in [5, 5.41) is 20.8. The van der Waals surface area contributed by atoms with E-state index in [4.69, 9.17) is 14.2 Å². The van der Waals surface area contributed by atoms with Gasteiger partial charge in [-0.15, -0.1) is 0 Å². The molecule has 0 aromatic rings. The molecule has 2 rings (SSSR count). The first-order chi connectivity index (χ1) is 17.5. The van der Waals surface area contributed by atoms with Crippen LogP contribution in [0.5, 0.6) is 0 Å². The largest absolute Gasteiger partial charge is 0.459 e. The number of hydrogen-bond donors (Lipinski definition) is 2. The number of ether oxygens (including phenoxy) is 3. The summed E-state index contributed by atoms with van der Waals surface area (Å²) in [6.45, 7) is 9.54. The van der Waals surface area contributed by atoms with Gasteiger partial charge >= 0.3 is 5.97 Å². The maximum Gasteiger partial charge on any atom is 0.330 e. The highest BCUT2D eigenvalue weighted by Crippen LogP contribution is 2.31. The van der Waals surface area contributed by atoms with Crippen molar-refractivity contribution in [1.29, 1.82) is 0 Å². The van der Waals surface area contributed by atoms with Crippen molar-refractivity contribution in [2.75, 3.05) is 20.7 Å². The van der Waals surface area contributed by atoms with Crippen molar-refractivity contribution in [3.8, 4) is 0 Å². The predicted molar refractivity (Wildman–Crippen MR) is 143 cm³/mol. The third-order valence-corrected chi connectivity index (χ3v) is 7.48. The van der Waals surface area contributed by atoms with Crippen molar-refractivity contribution in [2.45, 2.75) is 90.6 Å². The molecule has 10 atom stereocenters. The number of rotatable bonds is 5. The van der Waals surface area contributed by atoms with E-state index in [0.717, 1.165) is 0 Å². The Morgan fingerprint density at radius 1 is 1.05 bits per heavy atom. The van der Waals surface area contributed by atoms with E-state index in [9.17, 15) is 19.8 Å². The lowest BCUT2D eigenvalue weighted by atomic mass is 9.84. The number of aliphatic hydroxyl groups excluding tert-OH is 2. The summed E-state index contributed by atoms with van der Waals surface area (Å²) < 4.78 is 18.1. The first kappa shape index (κ1) is 31.4. The highest BCUT2D eigenvalue weighted by molar-refractivity contribution is 5.91. The number of carbonyl (C=O) groups excluding carboxylic acids is 2. The molecule has 2 N–H and O–H groups in total. The van der Waals surface area contributed by atoms with Crippen LogP contribution in [0.4, 0.5) is 0 Å². The number of likely N-dealkylation sites (N-methyl/N-ethyl adjacent to an activating group) is 1. The molecule has 1 saturated heterocycles. The lowest BCUT2D eigenvalue weighted by Crippen LogP contribution is -2.55. The second kappa shape index (κ2) is 14.9. The van der Waals surface area contributed by atoms with Gasteiger partial charge in [0.05, 0.1) is 18.8 Å². The van der Waals surface area contributed by atoms with E-state index in [1.54, 1.807) is 24.3 Å². The Morgan fingerprint density at radius 2 is 1.76 bits per heavy atom. The molecule has 2 heterocycles. The molecule has 37 heavy (non-hydrogen) atoms. The molecule has 10 unspecified atom stereocenters. The Hall–Kier alpha value is -1.84. The summed E-state index contributed by atoms with van der Waals surface area (Å²) in [5.74, 6) is -1.41. The number of allylic oxidation sites excluding steroid dienone is 3. The molecule has 8 heteroatoms. The second-order valence-electron chi connectivity index (χ2n) is 10.9. The fourth-order valence-corrected chi connectivity index (χ4v) is 5.22. The molecule has 8 nitrogen and oxygen atoms in total. The van der Waals surface area contributed by atoms with Gasteiger partial charge in [0.15, 0.2) is 12.1 Å². The molecule has 0 saturated carbocycles. The summed E-state index contributed by atoms with van der Waals surface area (Å²) in [5.41, 5.74) is 0. The Labute approximate surface area is 222 Å². The molecule has 210 valence electrons. The monoisotopic (exact) mass is 521 g/mol. The smallest absolute Gasteiger partial charge is 0.330 e. The molecular weight excluding hydrogens is 474 g/mol. The van der Waals surface area contributed by atoms with E-state index >= 15 is 0 Å². The Kier molecular flexibility index (Phi) is 12.7. The predicted octanol–water partition coefficient (Wildman–Crippen LogP) is 3.28. The maximum absolute atomic E-state index is 12.8. The fourth-order valence-electron chi connectivity index (χ4n) is 5.22. The van der Waals surface area contributed by atoms with Gasteiger partial charge in [-0.2, -0.15) is 0 Å². The summed E-state index contributed by atoms with van der Waals surface area (Å²) in [6, 6.07) is -0.111. The molecule has 1 fully saturated rings. The molecule has 2 aliphatic rings. The zero-order chi connectivity index (χ0) is 27.7. The zero-order valence-electron chi connectivity index (χ0n) is 23.4. The SMILES string of the molecule is CCC1OC(=O)C=CC(C)C(OC2OC(C)CC(N(C)C)C2O)C(C)CC(C)C(=O)C=CC=CC1CO. The molecule has 0 amide bonds. The van der Waals surface area contributed by atoms with Crippen LogP contribution in [0.25, 0.3) is 0 Å². The molecule has 0 aromatic carbocycles. The summed E-state index contributed by atoms with van der Waals surface area (Å²) in [6.07, 6.45) is 8.95. The van der Waals surface area contributed by atoms with Crippen molar-refractivity contribution < 1.29 is 34.0 Å². The number of hydrogen-bond acceptors (Lipinski definition) is 8. The van der Waals surface area contributed by atoms with Crippen LogP contribution in [0.2, 0.25) is 0 Å². The van der Waals surface area contributed by atoms with Crippen LogP contribution in [0.1, 0.15) is 53.9 Å². The first-order valence-corrected chi connectivity index (χ1v) is 13.5. The topological polar surface area (TPSA) is 106 Å². The molecular formula is C29H47NO7. The van der Waals surface area contributed by atoms with E-state index in [0.29, 0.717) is 19.3 Å². The first-order valence-electron chi connectivity index (χ1n) is 13.5. The van der Waals surface area contributed by atoms with Crippen molar-refractivity contribution >= 4 is 11.8 Å². The van der Waals surface area contributed by atoms with Gasteiger partial charge in [0.25, 0.3) is 0 Å². The quantitative estimate of drug-likeness (QED) is 0.531. The Balaban J connectivity index is 2.35. The van der Waals surface area contributed by atoms with Crippen molar-refractivity contribution in [1.82, 2.24) is 4.90 Å². The zero-order valence-corrected chi connectivity index (χ0v) is 23.4. The number of carbonyl (C=O) groups is 2. The van der Waals surface area contributed by atoms with Crippen LogP contribution in [0.15, 0.2) is 36.5 Å². The van der Waals surface area contributed by atoms with E-state index in [1.165, 1.54) is 12.2 Å². The Bertz CT molecular complexity index is 823. The van der Waals surface area contributed by atoms with Crippen LogP contribution < -0.4 is 0 Å². The van der Waals surface area contributed by atoms with Crippen LogP contribution in [0.3, 0.4) is 0 Å². The second-order valence-corrected chi connectivity index (χ2v) is 10.9. The number of esters is 1. The number of aliphatic hydroxyl groups is 2. The average molecular weight is 522 g/mol. The van der Waals surface area contributed by atoms with Gasteiger partial charge in [-0.25, -0.2) is 4.79 Å². The van der Waals surface area contributed by atoms with Crippen LogP contribution in [-0.4, -0.2) is 84.3 Å². The normalized spacial score (nSPS) is 38.6. The number of ketones is 1. The van der Waals surface area contributed by atoms with Crippen molar-refractivity contribution in [2.24, 2.45) is 23.7 Å². The minimum Gasteiger partial charge on any atom is -0.459 e. The van der Waals surface area contributed by atoms with Gasteiger partial charge < -0.3 is 29.3 Å². The highest BCUT2D eigenvalue weighted by Gasteiger charge is 2.40. The van der Waals surface area contributed by atoms with Crippen molar-refractivity contribution in [3.63, 3.8) is 0 Å². The van der Waals surface area contributed by atoms with Crippen LogP contribution in [0, 0.1) is 23.7 Å². The van der Waals surface area contributed by atoms with Crippen molar-refractivity contribution in [3.05, 3.63) is 36.5 Å². The van der Waals surface area contributed by atoms with Gasteiger partial charge in [-0.05, 0) is 52.3 Å². The lowest BCUT2D eigenvalue weighted by molar-refractivity contribution is -0.277. The van der Waals surface area contributed by atoms with E-state index in [2.05, 4.69) is 0 Å². The molecule has 0 spiro atoms. The third-order valence-electron chi connectivity index (χ3n) is 7.48. The maximum atomic E-state index is 12.8. The third kappa shape index (κ3) is 9.14. The van der Waals surface area contributed by atoms with Crippen LogP contribution >= 0.6 is 0 Å². The standard InChI is InChI=1S/C29H47NO7/c1-8-25-22(17-31)11-9-10-12-24(32)19(3)15-20(4)28(18(2)13-14-26(33)36-25)37-29-27(34)23(30(6)7)16-21(5)35-29/h9-14,18-23,25,27-29,31,34H,8,15-17H2,1-7H3. The summed E-state index contributed by atoms with van der Waals surface area (Å²) in [4.78, 5) is 27.4. The molecule has 0 bridgehead atoms. The van der Waals surface area contributed by atoms with E-state index in [-0.39, 0.29) is 48.2 Å². The minimum atomic E-state index is -0.839. The van der Waals surface area contributed by atoms with Gasteiger partial charge in [-0.3, -0.25) is 4.79 Å². The summed E-state index contributed by atoms with van der Waals surface area (Å²) >= 11 is 0. The molecule has 0 aliphatic carbocycles. The van der Waals surface area contributed by atoms with Crippen LogP contribution in [-0.2, 0) is 23.8 Å². The average Bonchev–Trinajstić information content (AvgIpc) is 2.85. The Morgan fingerprint density at radius 3 is 2.38 bits per heavy atom. The van der Waals surface area contributed by atoms with Gasteiger partial charge in [0.1, 0.15) is 12.2 Å². The van der Waals surface area contributed by atoms with Gasteiger partial charge in [0, 0.05) is 29.9 Å². The van der Waals surface area contributed by atoms with Gasteiger partial charge in [0.2, 0.25) is 0 Å². The molecule has 0 radical (unpaired) electrons. The highest BCUT2D eigenvalue weighted by atomic mass is 16.7. The minimum absolute atomic E-state index is 0.000183. The molecule has 0 aromatic heterocycles. The summed E-state index contributed by atoms with van der Waals surface area (Å²) in [7, 11) is 3.85. The molecule has 2 aliphatic heterocycles. The fraction of sp³-hybridized carbons (Fsp3) is 0.724. The van der Waals surface area contributed by atoms with E-state index < -0.39 is 30.6 Å². The van der Waals surface area contributed by atoms with Gasteiger partial charge in [-0.1, -0.05) is 52.0 Å². The van der Waals surface area contributed by atoms with E-state index in [1.807, 2.05) is 53.6 Å². The lowest BCUT2D eigenvalue weighted by Gasteiger charge is -2.43. The number of nitrogens with zero attached hydrogens (tertiary/aromatic N) is 1.